The van der Waals surface area contributed by atoms with Gasteiger partial charge in [0.25, 0.3) is 0 Å². The first-order chi connectivity index (χ1) is 10.2. The second kappa shape index (κ2) is 8.13. The molecule has 1 heterocycles. The first-order valence-electron chi connectivity index (χ1n) is 7.69. The van der Waals surface area contributed by atoms with E-state index in [2.05, 4.69) is 44.8 Å². The summed E-state index contributed by atoms with van der Waals surface area (Å²) in [6.07, 6.45) is 1.23. The van der Waals surface area contributed by atoms with Gasteiger partial charge in [0.05, 0.1) is 11.6 Å². The molecule has 1 fully saturated rings. The largest absolute Gasteiger partial charge is 0.496 e. The molecule has 0 amide bonds. The molecular formula is C16H26BrN3O. The van der Waals surface area contributed by atoms with Crippen LogP contribution in [0.2, 0.25) is 0 Å². The Morgan fingerprint density at radius 1 is 1.29 bits per heavy atom. The quantitative estimate of drug-likeness (QED) is 0.850. The summed E-state index contributed by atoms with van der Waals surface area (Å²) in [5.74, 6) is 0.863. The standard InChI is InChI=1S/C16H26BrN3O/c1-3-6-19-7-9-20(10-8-19)15(12-18)13-4-5-16(21-2)14(17)11-13/h4-5,11,15H,3,6-10,12,18H2,1-2H3. The van der Waals surface area contributed by atoms with Gasteiger partial charge in [0.2, 0.25) is 0 Å². The van der Waals surface area contributed by atoms with Gasteiger partial charge < -0.3 is 15.4 Å². The smallest absolute Gasteiger partial charge is 0.133 e. The molecule has 21 heavy (non-hydrogen) atoms. The van der Waals surface area contributed by atoms with Gasteiger partial charge in [-0.1, -0.05) is 13.0 Å². The third-order valence-corrected chi connectivity index (χ3v) is 4.79. The van der Waals surface area contributed by atoms with Crippen LogP contribution in [0.1, 0.15) is 24.9 Å². The van der Waals surface area contributed by atoms with Crippen LogP contribution < -0.4 is 10.5 Å². The molecule has 0 spiro atoms. The van der Waals surface area contributed by atoms with Gasteiger partial charge in [0.1, 0.15) is 5.75 Å². The number of hydrogen-bond acceptors (Lipinski definition) is 4. The summed E-state index contributed by atoms with van der Waals surface area (Å²) in [5, 5.41) is 0. The molecule has 4 nitrogen and oxygen atoms in total. The second-order valence-electron chi connectivity index (χ2n) is 5.52. The Morgan fingerprint density at radius 2 is 2.00 bits per heavy atom. The van der Waals surface area contributed by atoms with E-state index in [0.717, 1.165) is 36.4 Å². The molecule has 2 rings (SSSR count). The number of methoxy groups -OCH3 is 1. The third kappa shape index (κ3) is 4.19. The first kappa shape index (κ1) is 16.7. The zero-order valence-electron chi connectivity index (χ0n) is 13.0. The van der Waals surface area contributed by atoms with E-state index in [9.17, 15) is 0 Å². The van der Waals surface area contributed by atoms with Crippen molar-refractivity contribution in [3.8, 4) is 5.75 Å². The Labute approximate surface area is 136 Å². The van der Waals surface area contributed by atoms with E-state index < -0.39 is 0 Å². The summed E-state index contributed by atoms with van der Waals surface area (Å²) in [7, 11) is 1.69. The molecule has 1 aliphatic heterocycles. The molecule has 5 heteroatoms. The van der Waals surface area contributed by atoms with Crippen molar-refractivity contribution in [2.75, 3.05) is 46.4 Å². The molecule has 1 aromatic carbocycles. The lowest BCUT2D eigenvalue weighted by molar-refractivity contribution is 0.0985. The van der Waals surface area contributed by atoms with E-state index in [4.69, 9.17) is 10.5 Å². The molecule has 0 bridgehead atoms. The number of ether oxygens (including phenoxy) is 1. The van der Waals surface area contributed by atoms with Gasteiger partial charge >= 0.3 is 0 Å². The van der Waals surface area contributed by atoms with Crippen molar-refractivity contribution < 1.29 is 4.74 Å². The zero-order chi connectivity index (χ0) is 15.2. The third-order valence-electron chi connectivity index (χ3n) is 4.17. The van der Waals surface area contributed by atoms with E-state index in [1.165, 1.54) is 18.5 Å². The summed E-state index contributed by atoms with van der Waals surface area (Å²) in [5.41, 5.74) is 7.31. The number of hydrogen-bond donors (Lipinski definition) is 1. The molecule has 0 aromatic heterocycles. The van der Waals surface area contributed by atoms with Gasteiger partial charge in [-0.15, -0.1) is 0 Å². The van der Waals surface area contributed by atoms with Gasteiger partial charge in [0, 0.05) is 38.8 Å². The maximum atomic E-state index is 6.05. The molecule has 2 N–H and O–H groups in total. The van der Waals surface area contributed by atoms with Crippen LogP contribution in [0.25, 0.3) is 0 Å². The SMILES string of the molecule is CCCN1CCN(C(CN)c2ccc(OC)c(Br)c2)CC1. The van der Waals surface area contributed by atoms with Crippen LogP contribution in [0.5, 0.6) is 5.75 Å². The topological polar surface area (TPSA) is 41.7 Å². The van der Waals surface area contributed by atoms with Gasteiger partial charge in [-0.05, 0) is 46.6 Å². The number of piperazine rings is 1. The maximum absolute atomic E-state index is 6.05. The lowest BCUT2D eigenvalue weighted by Crippen LogP contribution is -2.49. The Kier molecular flexibility index (Phi) is 6.48. The Hall–Kier alpha value is -0.620. The average molecular weight is 356 g/mol. The molecule has 118 valence electrons. The minimum absolute atomic E-state index is 0.288. The monoisotopic (exact) mass is 355 g/mol. The lowest BCUT2D eigenvalue weighted by atomic mass is 10.0. The van der Waals surface area contributed by atoms with E-state index >= 15 is 0 Å². The molecule has 1 saturated heterocycles. The Morgan fingerprint density at radius 3 is 2.52 bits per heavy atom. The number of nitrogens with zero attached hydrogens (tertiary/aromatic N) is 2. The number of benzene rings is 1. The summed E-state index contributed by atoms with van der Waals surface area (Å²) >= 11 is 3.57. The molecule has 1 unspecified atom stereocenters. The summed E-state index contributed by atoms with van der Waals surface area (Å²) in [6.45, 7) is 8.55. The summed E-state index contributed by atoms with van der Waals surface area (Å²) < 4.78 is 6.29. The fraction of sp³-hybridized carbons (Fsp3) is 0.625. The van der Waals surface area contributed by atoms with Crippen molar-refractivity contribution in [3.05, 3.63) is 28.2 Å². The Bertz CT molecular complexity index is 447. The van der Waals surface area contributed by atoms with Crippen LogP contribution in [0.15, 0.2) is 22.7 Å². The van der Waals surface area contributed by atoms with E-state index in [1.807, 2.05) is 6.07 Å². The van der Waals surface area contributed by atoms with Crippen LogP contribution >= 0.6 is 15.9 Å². The fourth-order valence-corrected chi connectivity index (χ4v) is 3.56. The molecule has 1 atom stereocenters. The normalized spacial score (nSPS) is 18.7. The first-order valence-corrected chi connectivity index (χ1v) is 8.48. The molecule has 0 saturated carbocycles. The Balaban J connectivity index is 2.05. The van der Waals surface area contributed by atoms with Crippen molar-refractivity contribution in [3.63, 3.8) is 0 Å². The minimum Gasteiger partial charge on any atom is -0.496 e. The summed E-state index contributed by atoms with van der Waals surface area (Å²) in [4.78, 5) is 5.04. The van der Waals surface area contributed by atoms with Crippen molar-refractivity contribution >= 4 is 15.9 Å². The predicted molar refractivity (Wildman–Crippen MR) is 90.8 cm³/mol. The maximum Gasteiger partial charge on any atom is 0.133 e. The lowest BCUT2D eigenvalue weighted by Gasteiger charge is -2.39. The number of halogens is 1. The minimum atomic E-state index is 0.288. The van der Waals surface area contributed by atoms with E-state index in [0.29, 0.717) is 6.54 Å². The van der Waals surface area contributed by atoms with Crippen molar-refractivity contribution in [2.24, 2.45) is 5.73 Å². The van der Waals surface area contributed by atoms with Gasteiger partial charge in [0.15, 0.2) is 0 Å². The highest BCUT2D eigenvalue weighted by atomic mass is 79.9. The van der Waals surface area contributed by atoms with Crippen LogP contribution in [-0.2, 0) is 0 Å². The van der Waals surface area contributed by atoms with Crippen molar-refractivity contribution in [2.45, 2.75) is 19.4 Å². The van der Waals surface area contributed by atoms with Gasteiger partial charge in [-0.25, -0.2) is 0 Å². The fourth-order valence-electron chi connectivity index (χ4n) is 3.00. The molecule has 1 aromatic rings. The van der Waals surface area contributed by atoms with Gasteiger partial charge in [-0.3, -0.25) is 4.90 Å². The predicted octanol–water partition coefficient (Wildman–Crippen LogP) is 2.49. The molecule has 0 radical (unpaired) electrons. The highest BCUT2D eigenvalue weighted by molar-refractivity contribution is 9.10. The van der Waals surface area contributed by atoms with Crippen LogP contribution in [-0.4, -0.2) is 56.2 Å². The van der Waals surface area contributed by atoms with Gasteiger partial charge in [-0.2, -0.15) is 0 Å². The molecular weight excluding hydrogens is 330 g/mol. The van der Waals surface area contributed by atoms with Crippen molar-refractivity contribution in [1.29, 1.82) is 0 Å². The highest BCUT2D eigenvalue weighted by Crippen LogP contribution is 2.30. The van der Waals surface area contributed by atoms with E-state index in [1.54, 1.807) is 7.11 Å². The number of nitrogens with two attached hydrogens (primary N) is 1. The van der Waals surface area contributed by atoms with Crippen molar-refractivity contribution in [1.82, 2.24) is 9.80 Å². The van der Waals surface area contributed by atoms with E-state index in [-0.39, 0.29) is 6.04 Å². The highest BCUT2D eigenvalue weighted by Gasteiger charge is 2.24. The van der Waals surface area contributed by atoms with Crippen LogP contribution in [0.3, 0.4) is 0 Å². The summed E-state index contributed by atoms with van der Waals surface area (Å²) in [6, 6.07) is 6.56. The molecule has 0 aliphatic carbocycles. The molecule has 1 aliphatic rings. The number of rotatable bonds is 6. The average Bonchev–Trinajstić information content (AvgIpc) is 2.50. The zero-order valence-corrected chi connectivity index (χ0v) is 14.6. The van der Waals surface area contributed by atoms with Crippen LogP contribution in [0, 0.1) is 0 Å². The van der Waals surface area contributed by atoms with Crippen LogP contribution in [0.4, 0.5) is 0 Å². The second-order valence-corrected chi connectivity index (χ2v) is 6.38.